The van der Waals surface area contributed by atoms with E-state index in [0.717, 1.165) is 4.47 Å². The van der Waals surface area contributed by atoms with Crippen molar-refractivity contribution in [1.82, 2.24) is 0 Å². The summed E-state index contributed by atoms with van der Waals surface area (Å²) in [6.45, 7) is 0. The Labute approximate surface area is 122 Å². The molecule has 2 aromatic carbocycles. The molecule has 100 valence electrons. The molecule has 2 nitrogen and oxygen atoms in total. The molecular formula is C13H10BrClF2N2. The van der Waals surface area contributed by atoms with Crippen LogP contribution in [-0.4, -0.2) is 0 Å². The van der Waals surface area contributed by atoms with Crippen molar-refractivity contribution in [3.8, 4) is 0 Å². The van der Waals surface area contributed by atoms with E-state index in [1.807, 2.05) is 0 Å². The van der Waals surface area contributed by atoms with Crippen LogP contribution in [0.1, 0.15) is 12.0 Å². The first-order valence-electron chi connectivity index (χ1n) is 5.37. The second kappa shape index (κ2) is 5.75. The Hall–Kier alpha value is -1.33. The van der Waals surface area contributed by atoms with Gasteiger partial charge in [-0.05, 0) is 36.4 Å². The lowest BCUT2D eigenvalue weighted by molar-refractivity contribution is 0.152. The van der Waals surface area contributed by atoms with Gasteiger partial charge in [0.15, 0.2) is 0 Å². The van der Waals surface area contributed by atoms with E-state index in [9.17, 15) is 8.78 Å². The summed E-state index contributed by atoms with van der Waals surface area (Å²) >= 11 is 9.32. The zero-order chi connectivity index (χ0) is 14.0. The van der Waals surface area contributed by atoms with Crippen LogP contribution in [0, 0.1) is 0 Å². The summed E-state index contributed by atoms with van der Waals surface area (Å²) in [6.07, 6.45) is -2.61. The minimum absolute atomic E-state index is 0.156. The van der Waals surface area contributed by atoms with Gasteiger partial charge in [-0.25, -0.2) is 8.78 Å². The van der Waals surface area contributed by atoms with Crippen LogP contribution in [0.4, 0.5) is 25.8 Å². The number of hydrogen-bond acceptors (Lipinski definition) is 2. The van der Waals surface area contributed by atoms with Gasteiger partial charge in [0.1, 0.15) is 0 Å². The van der Waals surface area contributed by atoms with E-state index in [0.29, 0.717) is 16.4 Å². The second-order valence-corrected chi connectivity index (χ2v) is 5.22. The number of halogens is 4. The maximum absolute atomic E-state index is 13.0. The second-order valence-electron chi connectivity index (χ2n) is 3.90. The van der Waals surface area contributed by atoms with Gasteiger partial charge in [-0.2, -0.15) is 0 Å². The molecule has 0 spiro atoms. The monoisotopic (exact) mass is 346 g/mol. The van der Waals surface area contributed by atoms with Gasteiger partial charge >= 0.3 is 0 Å². The molecule has 2 aromatic rings. The molecule has 2 rings (SSSR count). The lowest BCUT2D eigenvalue weighted by Crippen LogP contribution is -1.99. The minimum Gasteiger partial charge on any atom is -0.399 e. The Bertz CT molecular complexity index is 605. The lowest BCUT2D eigenvalue weighted by atomic mass is 10.1. The zero-order valence-electron chi connectivity index (χ0n) is 9.63. The van der Waals surface area contributed by atoms with Gasteiger partial charge in [0, 0.05) is 21.4 Å². The van der Waals surface area contributed by atoms with Gasteiger partial charge in [-0.1, -0.05) is 27.5 Å². The molecule has 0 aromatic heterocycles. The summed E-state index contributed by atoms with van der Waals surface area (Å²) < 4.78 is 26.7. The molecule has 0 unspecified atom stereocenters. The van der Waals surface area contributed by atoms with Gasteiger partial charge in [0.25, 0.3) is 6.43 Å². The normalized spacial score (nSPS) is 10.8. The van der Waals surface area contributed by atoms with Crippen molar-refractivity contribution in [1.29, 1.82) is 0 Å². The molecule has 19 heavy (non-hydrogen) atoms. The molecule has 6 heteroatoms. The first-order valence-corrected chi connectivity index (χ1v) is 6.54. The highest BCUT2D eigenvalue weighted by Crippen LogP contribution is 2.34. The summed E-state index contributed by atoms with van der Waals surface area (Å²) in [4.78, 5) is 0. The van der Waals surface area contributed by atoms with E-state index in [-0.39, 0.29) is 11.3 Å². The molecule has 0 radical (unpaired) electrons. The first kappa shape index (κ1) is 14.1. The van der Waals surface area contributed by atoms with Crippen LogP contribution < -0.4 is 11.1 Å². The largest absolute Gasteiger partial charge is 0.399 e. The average molecular weight is 348 g/mol. The fourth-order valence-corrected chi connectivity index (χ4v) is 2.14. The predicted octanol–water partition coefficient (Wildman–Crippen LogP) is 5.37. The maximum atomic E-state index is 13.0. The fourth-order valence-electron chi connectivity index (χ4n) is 1.61. The standard InChI is InChI=1S/C13H10BrClF2N2/c14-7-1-3-10(15)12(5-7)19-11-4-2-8(18)6-9(11)13(16)17/h1-6,13,19H,18H2. The molecule has 0 saturated heterocycles. The van der Waals surface area contributed by atoms with Crippen LogP contribution in [0.3, 0.4) is 0 Å². The molecule has 0 atom stereocenters. The molecule has 3 N–H and O–H groups in total. The zero-order valence-corrected chi connectivity index (χ0v) is 12.0. The van der Waals surface area contributed by atoms with Crippen molar-refractivity contribution in [2.45, 2.75) is 6.43 Å². The number of alkyl halides is 2. The Morgan fingerprint density at radius 2 is 1.84 bits per heavy atom. The third-order valence-electron chi connectivity index (χ3n) is 2.51. The minimum atomic E-state index is -2.61. The summed E-state index contributed by atoms with van der Waals surface area (Å²) in [6, 6.07) is 9.47. The summed E-state index contributed by atoms with van der Waals surface area (Å²) in [5.74, 6) is 0. The van der Waals surface area contributed by atoms with Gasteiger partial charge in [-0.3, -0.25) is 0 Å². The van der Waals surface area contributed by atoms with Crippen molar-refractivity contribution in [3.05, 3.63) is 51.5 Å². The number of anilines is 3. The van der Waals surface area contributed by atoms with Crippen molar-refractivity contribution in [2.75, 3.05) is 11.1 Å². The van der Waals surface area contributed by atoms with Crippen molar-refractivity contribution >= 4 is 44.6 Å². The van der Waals surface area contributed by atoms with E-state index < -0.39 is 6.43 Å². The summed E-state index contributed by atoms with van der Waals surface area (Å²) in [5.41, 5.74) is 6.48. The van der Waals surface area contributed by atoms with Crippen LogP contribution in [-0.2, 0) is 0 Å². The first-order chi connectivity index (χ1) is 8.97. The Balaban J connectivity index is 2.40. The number of nitrogen functional groups attached to an aromatic ring is 1. The van der Waals surface area contributed by atoms with E-state index in [2.05, 4.69) is 21.2 Å². The molecule has 0 aliphatic heterocycles. The lowest BCUT2D eigenvalue weighted by Gasteiger charge is -2.13. The number of nitrogens with one attached hydrogen (secondary N) is 1. The van der Waals surface area contributed by atoms with Gasteiger partial charge in [0.2, 0.25) is 0 Å². The van der Waals surface area contributed by atoms with Crippen LogP contribution in [0.5, 0.6) is 0 Å². The van der Waals surface area contributed by atoms with Gasteiger partial charge in [0.05, 0.1) is 10.7 Å². The summed E-state index contributed by atoms with van der Waals surface area (Å²) in [5, 5.41) is 3.34. The maximum Gasteiger partial charge on any atom is 0.265 e. The van der Waals surface area contributed by atoms with E-state index in [1.165, 1.54) is 12.1 Å². The highest BCUT2D eigenvalue weighted by molar-refractivity contribution is 9.10. The predicted molar refractivity (Wildman–Crippen MR) is 78.2 cm³/mol. The molecule has 0 aliphatic rings. The van der Waals surface area contributed by atoms with Crippen molar-refractivity contribution in [2.24, 2.45) is 0 Å². The van der Waals surface area contributed by atoms with Crippen molar-refractivity contribution in [3.63, 3.8) is 0 Å². The van der Waals surface area contributed by atoms with E-state index in [4.69, 9.17) is 17.3 Å². The van der Waals surface area contributed by atoms with Crippen LogP contribution in [0.15, 0.2) is 40.9 Å². The highest BCUT2D eigenvalue weighted by atomic mass is 79.9. The Kier molecular flexibility index (Phi) is 4.27. The van der Waals surface area contributed by atoms with E-state index in [1.54, 1.807) is 24.3 Å². The molecule has 0 bridgehead atoms. The summed E-state index contributed by atoms with van der Waals surface area (Å²) in [7, 11) is 0. The van der Waals surface area contributed by atoms with Crippen LogP contribution in [0.2, 0.25) is 5.02 Å². The van der Waals surface area contributed by atoms with Crippen LogP contribution in [0.25, 0.3) is 0 Å². The molecular weight excluding hydrogens is 338 g/mol. The average Bonchev–Trinajstić information content (AvgIpc) is 2.35. The molecule has 0 saturated carbocycles. The Morgan fingerprint density at radius 1 is 1.11 bits per heavy atom. The topological polar surface area (TPSA) is 38.0 Å². The number of nitrogens with two attached hydrogens (primary N) is 1. The van der Waals surface area contributed by atoms with Gasteiger partial charge < -0.3 is 11.1 Å². The highest BCUT2D eigenvalue weighted by Gasteiger charge is 2.14. The quantitative estimate of drug-likeness (QED) is 0.733. The molecule has 0 fully saturated rings. The van der Waals surface area contributed by atoms with Gasteiger partial charge in [-0.15, -0.1) is 0 Å². The van der Waals surface area contributed by atoms with Crippen LogP contribution >= 0.6 is 27.5 Å². The number of benzene rings is 2. The molecule has 0 heterocycles. The fraction of sp³-hybridized carbons (Fsp3) is 0.0769. The SMILES string of the molecule is Nc1ccc(Nc2cc(Br)ccc2Cl)c(C(F)F)c1. The molecule has 0 aliphatic carbocycles. The smallest absolute Gasteiger partial charge is 0.265 e. The third kappa shape index (κ3) is 3.36. The number of hydrogen-bond donors (Lipinski definition) is 2. The van der Waals surface area contributed by atoms with Crippen molar-refractivity contribution < 1.29 is 8.78 Å². The molecule has 0 amide bonds. The third-order valence-corrected chi connectivity index (χ3v) is 3.33. The Morgan fingerprint density at radius 3 is 2.53 bits per heavy atom. The number of rotatable bonds is 3. The van der Waals surface area contributed by atoms with E-state index >= 15 is 0 Å².